The van der Waals surface area contributed by atoms with Crippen LogP contribution in [0.3, 0.4) is 0 Å². The summed E-state index contributed by atoms with van der Waals surface area (Å²) >= 11 is 0. The molecule has 2 atom stereocenters. The second-order valence-electron chi connectivity index (χ2n) is 5.23. The molecule has 19 heavy (non-hydrogen) atoms. The van der Waals surface area contributed by atoms with Gasteiger partial charge < -0.3 is 20.3 Å². The first kappa shape index (κ1) is 14.3. The summed E-state index contributed by atoms with van der Waals surface area (Å²) in [6.45, 7) is 2.84. The van der Waals surface area contributed by atoms with Crippen LogP contribution in [0.25, 0.3) is 0 Å². The molecule has 2 heterocycles. The van der Waals surface area contributed by atoms with Crippen LogP contribution >= 0.6 is 0 Å². The third-order valence-corrected chi connectivity index (χ3v) is 3.77. The quantitative estimate of drug-likeness (QED) is 0.681. The van der Waals surface area contributed by atoms with Gasteiger partial charge in [-0.25, -0.2) is 0 Å². The number of hydrogen-bond donors (Lipinski definition) is 2. The van der Waals surface area contributed by atoms with Crippen LogP contribution in [0, 0.1) is 0 Å². The summed E-state index contributed by atoms with van der Waals surface area (Å²) in [6, 6.07) is 0.0312. The average Bonchev–Trinajstić information content (AvgIpc) is 3.05. The van der Waals surface area contributed by atoms with Gasteiger partial charge in [-0.05, 0) is 25.8 Å². The first-order valence-electron chi connectivity index (χ1n) is 7.01. The van der Waals surface area contributed by atoms with Crippen LogP contribution in [0.5, 0.6) is 0 Å². The van der Waals surface area contributed by atoms with E-state index in [2.05, 4.69) is 10.6 Å². The van der Waals surface area contributed by atoms with E-state index in [-0.39, 0.29) is 17.9 Å². The number of nitrogens with zero attached hydrogens (tertiary/aromatic N) is 1. The van der Waals surface area contributed by atoms with Crippen LogP contribution in [0.2, 0.25) is 0 Å². The minimum Gasteiger partial charge on any atom is -0.383 e. The van der Waals surface area contributed by atoms with Crippen LogP contribution in [0.4, 0.5) is 0 Å². The van der Waals surface area contributed by atoms with E-state index in [1.54, 1.807) is 7.11 Å². The summed E-state index contributed by atoms with van der Waals surface area (Å²) in [5, 5.41) is 6.14. The Labute approximate surface area is 113 Å². The number of carbonyl (C=O) groups is 2. The lowest BCUT2D eigenvalue weighted by Crippen LogP contribution is -2.49. The van der Waals surface area contributed by atoms with Gasteiger partial charge in [0.1, 0.15) is 6.04 Å². The third-order valence-electron chi connectivity index (χ3n) is 3.77. The fourth-order valence-corrected chi connectivity index (χ4v) is 2.69. The van der Waals surface area contributed by atoms with E-state index in [0.29, 0.717) is 38.6 Å². The molecule has 108 valence electrons. The van der Waals surface area contributed by atoms with E-state index in [1.165, 1.54) is 0 Å². The standard InChI is InChI=1S/C13H23N3O3/c1-19-8-7-16(9-10-3-2-6-14-10)13(18)11-4-5-12(17)15-11/h10-11,14H,2-9H2,1H3,(H,15,17)/t10?,11-/m0/s1. The highest BCUT2D eigenvalue weighted by atomic mass is 16.5. The molecule has 0 radical (unpaired) electrons. The van der Waals surface area contributed by atoms with Crippen molar-refractivity contribution in [3.05, 3.63) is 0 Å². The first-order valence-corrected chi connectivity index (χ1v) is 7.01. The summed E-state index contributed by atoms with van der Waals surface area (Å²) in [5.74, 6) is 0.000586. The number of nitrogens with one attached hydrogen (secondary N) is 2. The summed E-state index contributed by atoms with van der Waals surface area (Å²) in [7, 11) is 1.63. The zero-order chi connectivity index (χ0) is 13.7. The highest BCUT2D eigenvalue weighted by molar-refractivity contribution is 5.90. The van der Waals surface area contributed by atoms with Gasteiger partial charge in [0.15, 0.2) is 0 Å². The smallest absolute Gasteiger partial charge is 0.245 e. The second-order valence-corrected chi connectivity index (χ2v) is 5.23. The Morgan fingerprint density at radius 2 is 2.32 bits per heavy atom. The van der Waals surface area contributed by atoms with Crippen molar-refractivity contribution in [1.29, 1.82) is 0 Å². The van der Waals surface area contributed by atoms with Crippen molar-refractivity contribution in [1.82, 2.24) is 15.5 Å². The van der Waals surface area contributed by atoms with Gasteiger partial charge in [-0.3, -0.25) is 9.59 Å². The molecular formula is C13H23N3O3. The monoisotopic (exact) mass is 269 g/mol. The highest BCUT2D eigenvalue weighted by Gasteiger charge is 2.31. The Balaban J connectivity index is 1.90. The Bertz CT molecular complexity index is 329. The van der Waals surface area contributed by atoms with Crippen LogP contribution in [-0.2, 0) is 14.3 Å². The van der Waals surface area contributed by atoms with Crippen molar-refractivity contribution < 1.29 is 14.3 Å². The molecule has 2 fully saturated rings. The summed E-state index contributed by atoms with van der Waals surface area (Å²) in [4.78, 5) is 25.5. The average molecular weight is 269 g/mol. The maximum absolute atomic E-state index is 12.4. The maximum Gasteiger partial charge on any atom is 0.245 e. The molecule has 0 spiro atoms. The van der Waals surface area contributed by atoms with Crippen molar-refractivity contribution >= 4 is 11.8 Å². The predicted octanol–water partition coefficient (Wildman–Crippen LogP) is -0.508. The maximum atomic E-state index is 12.4. The Morgan fingerprint density at radius 3 is 2.89 bits per heavy atom. The fraction of sp³-hybridized carbons (Fsp3) is 0.846. The van der Waals surface area contributed by atoms with Gasteiger partial charge in [0.25, 0.3) is 0 Å². The number of hydrogen-bond acceptors (Lipinski definition) is 4. The predicted molar refractivity (Wildman–Crippen MR) is 70.6 cm³/mol. The lowest BCUT2D eigenvalue weighted by molar-refractivity contribution is -0.135. The number of amides is 2. The van der Waals surface area contributed by atoms with Crippen LogP contribution in [0.15, 0.2) is 0 Å². The summed E-state index contributed by atoms with van der Waals surface area (Å²) < 4.78 is 5.07. The van der Waals surface area contributed by atoms with E-state index >= 15 is 0 Å². The van der Waals surface area contributed by atoms with Gasteiger partial charge in [0, 0.05) is 32.7 Å². The minimum atomic E-state index is -0.342. The molecule has 0 aromatic heterocycles. The second kappa shape index (κ2) is 6.86. The molecule has 0 aromatic rings. The first-order chi connectivity index (χ1) is 9.20. The van der Waals surface area contributed by atoms with E-state index in [4.69, 9.17) is 4.74 Å². The number of ether oxygens (including phenoxy) is 1. The molecule has 0 bridgehead atoms. The van der Waals surface area contributed by atoms with E-state index in [9.17, 15) is 9.59 Å². The molecule has 6 heteroatoms. The van der Waals surface area contributed by atoms with Gasteiger partial charge in [-0.1, -0.05) is 0 Å². The number of rotatable bonds is 6. The molecule has 0 aromatic carbocycles. The van der Waals surface area contributed by atoms with Gasteiger partial charge in [-0.2, -0.15) is 0 Å². The molecule has 2 aliphatic rings. The SMILES string of the molecule is COCCN(CC1CCCN1)C(=O)[C@@H]1CCC(=O)N1. The van der Waals surface area contributed by atoms with E-state index < -0.39 is 0 Å². The van der Waals surface area contributed by atoms with E-state index in [0.717, 1.165) is 19.4 Å². The molecule has 2 aliphatic heterocycles. The zero-order valence-electron chi connectivity index (χ0n) is 11.5. The van der Waals surface area contributed by atoms with Crippen molar-refractivity contribution in [2.75, 3.05) is 33.4 Å². The molecule has 6 nitrogen and oxygen atoms in total. The van der Waals surface area contributed by atoms with Gasteiger partial charge in [0.05, 0.1) is 6.61 Å². The lowest BCUT2D eigenvalue weighted by Gasteiger charge is -2.28. The number of methoxy groups -OCH3 is 1. The van der Waals surface area contributed by atoms with Gasteiger partial charge >= 0.3 is 0 Å². The van der Waals surface area contributed by atoms with Crippen molar-refractivity contribution in [3.8, 4) is 0 Å². The highest BCUT2D eigenvalue weighted by Crippen LogP contribution is 2.12. The van der Waals surface area contributed by atoms with Gasteiger partial charge in [-0.15, -0.1) is 0 Å². The van der Waals surface area contributed by atoms with Crippen molar-refractivity contribution in [2.24, 2.45) is 0 Å². The van der Waals surface area contributed by atoms with Crippen molar-refractivity contribution in [3.63, 3.8) is 0 Å². The normalized spacial score (nSPS) is 26.5. The molecule has 1 unspecified atom stereocenters. The summed E-state index contributed by atoms with van der Waals surface area (Å²) in [5.41, 5.74) is 0. The Hall–Kier alpha value is -1.14. The lowest BCUT2D eigenvalue weighted by atomic mass is 10.1. The van der Waals surface area contributed by atoms with Crippen LogP contribution < -0.4 is 10.6 Å². The Kier molecular flexibility index (Phi) is 5.15. The van der Waals surface area contributed by atoms with E-state index in [1.807, 2.05) is 4.90 Å². The molecule has 2 N–H and O–H groups in total. The minimum absolute atomic E-state index is 0.0240. The molecule has 0 aliphatic carbocycles. The zero-order valence-corrected chi connectivity index (χ0v) is 11.5. The van der Waals surface area contributed by atoms with Crippen LogP contribution in [-0.4, -0.2) is 62.1 Å². The van der Waals surface area contributed by atoms with Crippen molar-refractivity contribution in [2.45, 2.75) is 37.8 Å². The molecule has 2 amide bonds. The fourth-order valence-electron chi connectivity index (χ4n) is 2.69. The van der Waals surface area contributed by atoms with Crippen LogP contribution in [0.1, 0.15) is 25.7 Å². The Morgan fingerprint density at radius 1 is 1.47 bits per heavy atom. The molecule has 2 rings (SSSR count). The van der Waals surface area contributed by atoms with Gasteiger partial charge in [0.2, 0.25) is 11.8 Å². The molecule has 0 saturated carbocycles. The topological polar surface area (TPSA) is 70.7 Å². The third kappa shape index (κ3) is 3.91. The molecule has 2 saturated heterocycles. The largest absolute Gasteiger partial charge is 0.383 e. The molecular weight excluding hydrogens is 246 g/mol. The summed E-state index contributed by atoms with van der Waals surface area (Å²) in [6.07, 6.45) is 3.33. The number of carbonyl (C=O) groups excluding carboxylic acids is 2.